The van der Waals surface area contributed by atoms with Crippen molar-refractivity contribution in [2.24, 2.45) is 0 Å². The van der Waals surface area contributed by atoms with Crippen molar-refractivity contribution in [2.75, 3.05) is 6.26 Å². The molecular weight excluding hydrogens is 268 g/mol. The third-order valence-corrected chi connectivity index (χ3v) is 3.21. The molecule has 19 heavy (non-hydrogen) atoms. The van der Waals surface area contributed by atoms with Crippen molar-refractivity contribution < 1.29 is 4.92 Å². The van der Waals surface area contributed by atoms with Crippen molar-refractivity contribution in [2.45, 2.75) is 37.9 Å². The lowest BCUT2D eigenvalue weighted by Crippen LogP contribution is -2.29. The lowest BCUT2D eigenvalue weighted by molar-refractivity contribution is -0.498. The summed E-state index contributed by atoms with van der Waals surface area (Å²) < 4.78 is 1.24. The maximum Gasteiger partial charge on any atom is 0.272 e. The van der Waals surface area contributed by atoms with Gasteiger partial charge in [0.05, 0.1) is 0 Å². The number of thioether (sulfide) groups is 1. The fourth-order valence-electron chi connectivity index (χ4n) is 1.60. The molecule has 0 bridgehead atoms. The van der Waals surface area contributed by atoms with E-state index in [0.29, 0.717) is 13.0 Å². The highest BCUT2D eigenvalue weighted by molar-refractivity contribution is 7.98. The monoisotopic (exact) mass is 282 g/mol. The van der Waals surface area contributed by atoms with Crippen LogP contribution in [0.3, 0.4) is 0 Å². The maximum absolute atomic E-state index is 12.2. The predicted octanol–water partition coefficient (Wildman–Crippen LogP) is 1.41. The molecule has 0 aromatic carbocycles. The number of nitrogens with zero attached hydrogens (tertiary/aromatic N) is 4. The summed E-state index contributed by atoms with van der Waals surface area (Å²) in [6.45, 7) is 1.78. The molecule has 0 fully saturated rings. The number of unbranched alkanes of at least 4 members (excludes halogenated alkanes) is 1. The second-order valence-corrected chi connectivity index (χ2v) is 4.62. The van der Waals surface area contributed by atoms with Crippen LogP contribution in [0.5, 0.6) is 0 Å². The molecule has 0 aliphatic rings. The van der Waals surface area contributed by atoms with E-state index in [9.17, 15) is 14.9 Å². The smallest absolute Gasteiger partial charge is 0.272 e. The molecule has 0 saturated heterocycles. The molecule has 8 heteroatoms. The van der Waals surface area contributed by atoms with Crippen molar-refractivity contribution in [3.05, 3.63) is 31.9 Å². The van der Waals surface area contributed by atoms with E-state index in [-0.39, 0.29) is 16.4 Å². The molecule has 0 unspecified atom stereocenters. The molecule has 0 N–H and O–H groups in total. The predicted molar refractivity (Wildman–Crippen MR) is 70.6 cm³/mol. The first-order chi connectivity index (χ1) is 9.04. The Morgan fingerprint density at radius 2 is 2.26 bits per heavy atom. The topological polar surface area (TPSA) is 102 Å². The Labute approximate surface area is 114 Å². The van der Waals surface area contributed by atoms with Crippen LogP contribution in [0.4, 0.5) is 0 Å². The highest BCUT2D eigenvalue weighted by Gasteiger charge is 2.18. The van der Waals surface area contributed by atoms with Crippen LogP contribution in [0, 0.1) is 21.4 Å². The minimum atomic E-state index is -0.527. The first-order valence-electron chi connectivity index (χ1n) is 5.74. The van der Waals surface area contributed by atoms with E-state index in [1.54, 1.807) is 6.26 Å². The number of hydrogen-bond donors (Lipinski definition) is 0. The molecule has 1 rings (SSSR count). The molecule has 0 saturated carbocycles. The SMILES string of the molecule is CCCCn1c(C[N+](=O)[O-])nc(SC)c(C#N)c1=O. The molecule has 0 aliphatic heterocycles. The van der Waals surface area contributed by atoms with Crippen LogP contribution < -0.4 is 5.56 Å². The van der Waals surface area contributed by atoms with Crippen LogP contribution in [0.1, 0.15) is 31.2 Å². The zero-order valence-electron chi connectivity index (χ0n) is 10.8. The summed E-state index contributed by atoms with van der Waals surface area (Å²) in [6.07, 6.45) is 3.22. The van der Waals surface area contributed by atoms with Gasteiger partial charge in [-0.15, -0.1) is 11.8 Å². The Morgan fingerprint density at radius 3 is 2.74 bits per heavy atom. The van der Waals surface area contributed by atoms with Gasteiger partial charge < -0.3 is 0 Å². The normalized spacial score (nSPS) is 10.2. The molecule has 0 aliphatic carbocycles. The second kappa shape index (κ2) is 6.89. The van der Waals surface area contributed by atoms with Crippen molar-refractivity contribution in [1.82, 2.24) is 9.55 Å². The number of aromatic nitrogens is 2. The standard InChI is InChI=1S/C11H14N4O3S/c1-3-4-5-14-9(7-15(17)18)13-10(19-2)8(6-12)11(14)16/h3-5,7H2,1-2H3. The minimum Gasteiger partial charge on any atom is -0.290 e. The molecule has 1 aromatic rings. The third kappa shape index (κ3) is 3.54. The Morgan fingerprint density at radius 1 is 1.58 bits per heavy atom. The highest BCUT2D eigenvalue weighted by atomic mass is 32.2. The van der Waals surface area contributed by atoms with Crippen LogP contribution in [-0.4, -0.2) is 20.7 Å². The average Bonchev–Trinajstić information content (AvgIpc) is 2.37. The van der Waals surface area contributed by atoms with E-state index in [1.165, 1.54) is 4.57 Å². The Balaban J connectivity index is 3.42. The number of nitro groups is 1. The fraction of sp³-hybridized carbons (Fsp3) is 0.545. The van der Waals surface area contributed by atoms with Crippen molar-refractivity contribution in [3.8, 4) is 6.07 Å². The van der Waals surface area contributed by atoms with E-state index < -0.39 is 17.0 Å². The minimum absolute atomic E-state index is 0.0456. The number of rotatable bonds is 6. The number of nitriles is 1. The van der Waals surface area contributed by atoms with Gasteiger partial charge in [-0.2, -0.15) is 5.26 Å². The maximum atomic E-state index is 12.2. The van der Waals surface area contributed by atoms with Gasteiger partial charge in [-0.1, -0.05) is 13.3 Å². The van der Waals surface area contributed by atoms with Gasteiger partial charge in [-0.3, -0.25) is 19.5 Å². The van der Waals surface area contributed by atoms with Crippen molar-refractivity contribution in [3.63, 3.8) is 0 Å². The summed E-state index contributed by atoms with van der Waals surface area (Å²) in [5.41, 5.74) is -0.539. The molecule has 0 spiro atoms. The van der Waals surface area contributed by atoms with Gasteiger partial charge in [-0.05, 0) is 12.7 Å². The molecule has 0 atom stereocenters. The quantitative estimate of drug-likeness (QED) is 0.338. The summed E-state index contributed by atoms with van der Waals surface area (Å²) in [7, 11) is 0. The summed E-state index contributed by atoms with van der Waals surface area (Å²) >= 11 is 1.14. The van der Waals surface area contributed by atoms with Crippen LogP contribution in [0.25, 0.3) is 0 Å². The summed E-state index contributed by atoms with van der Waals surface area (Å²) in [6, 6.07) is 1.83. The lowest BCUT2D eigenvalue weighted by atomic mass is 10.3. The molecular formula is C11H14N4O3S. The Kier molecular flexibility index (Phi) is 5.51. The van der Waals surface area contributed by atoms with Crippen LogP contribution >= 0.6 is 11.8 Å². The summed E-state index contributed by atoms with van der Waals surface area (Å²) in [5.74, 6) is 0.104. The zero-order chi connectivity index (χ0) is 14.4. The zero-order valence-corrected chi connectivity index (χ0v) is 11.6. The van der Waals surface area contributed by atoms with E-state index in [0.717, 1.165) is 18.2 Å². The van der Waals surface area contributed by atoms with Gasteiger partial charge >= 0.3 is 0 Å². The summed E-state index contributed by atoms with van der Waals surface area (Å²) in [4.78, 5) is 26.3. The Hall–Kier alpha value is -1.88. The lowest BCUT2D eigenvalue weighted by Gasteiger charge is -2.11. The van der Waals surface area contributed by atoms with Gasteiger partial charge in [0.1, 0.15) is 16.7 Å². The summed E-state index contributed by atoms with van der Waals surface area (Å²) in [5, 5.41) is 19.9. The fourth-order valence-corrected chi connectivity index (χ4v) is 2.14. The second-order valence-electron chi connectivity index (χ2n) is 3.83. The third-order valence-electron chi connectivity index (χ3n) is 2.53. The molecule has 0 radical (unpaired) electrons. The first-order valence-corrected chi connectivity index (χ1v) is 6.97. The van der Waals surface area contributed by atoms with Gasteiger partial charge in [0.25, 0.3) is 12.1 Å². The Bertz CT molecular complexity index is 577. The highest BCUT2D eigenvalue weighted by Crippen LogP contribution is 2.15. The number of hydrogen-bond acceptors (Lipinski definition) is 6. The van der Waals surface area contributed by atoms with Gasteiger partial charge in [0.15, 0.2) is 5.82 Å². The average molecular weight is 282 g/mol. The van der Waals surface area contributed by atoms with Crippen molar-refractivity contribution >= 4 is 11.8 Å². The molecule has 1 heterocycles. The van der Waals surface area contributed by atoms with Crippen LogP contribution in [0.2, 0.25) is 0 Å². The van der Waals surface area contributed by atoms with Crippen molar-refractivity contribution in [1.29, 1.82) is 5.26 Å². The van der Waals surface area contributed by atoms with Gasteiger partial charge in [-0.25, -0.2) is 4.98 Å². The molecule has 102 valence electrons. The largest absolute Gasteiger partial charge is 0.290 e. The van der Waals surface area contributed by atoms with E-state index >= 15 is 0 Å². The molecule has 1 aromatic heterocycles. The first kappa shape index (κ1) is 15.2. The van der Waals surface area contributed by atoms with Gasteiger partial charge in [0, 0.05) is 11.5 Å². The van der Waals surface area contributed by atoms with E-state index in [4.69, 9.17) is 5.26 Å². The van der Waals surface area contributed by atoms with E-state index in [2.05, 4.69) is 4.98 Å². The molecule has 0 amide bonds. The van der Waals surface area contributed by atoms with E-state index in [1.807, 2.05) is 13.0 Å². The van der Waals surface area contributed by atoms with Crippen LogP contribution in [-0.2, 0) is 13.1 Å². The van der Waals surface area contributed by atoms with Crippen LogP contribution in [0.15, 0.2) is 9.82 Å². The molecule has 7 nitrogen and oxygen atoms in total. The van der Waals surface area contributed by atoms with Gasteiger partial charge in [0.2, 0.25) is 0 Å².